The van der Waals surface area contributed by atoms with Crippen LogP contribution in [-0.4, -0.2) is 63.4 Å². The maximum Gasteiger partial charge on any atom is 0.230 e. The van der Waals surface area contributed by atoms with Crippen molar-refractivity contribution in [3.8, 4) is 0 Å². The zero-order valence-electron chi connectivity index (χ0n) is 15.1. The number of piperazine rings is 1. The monoisotopic (exact) mass is 344 g/mol. The summed E-state index contributed by atoms with van der Waals surface area (Å²) in [5.41, 5.74) is 1.18. The number of aliphatic hydroxyl groups is 1. The highest BCUT2D eigenvalue weighted by atomic mass is 16.4. The molecule has 0 saturated carbocycles. The van der Waals surface area contributed by atoms with E-state index in [1.807, 2.05) is 25.1 Å². The van der Waals surface area contributed by atoms with E-state index in [0.29, 0.717) is 30.8 Å². The van der Waals surface area contributed by atoms with Gasteiger partial charge in [-0.2, -0.15) is 0 Å². The minimum atomic E-state index is -0.280. The van der Waals surface area contributed by atoms with Gasteiger partial charge in [-0.15, -0.1) is 10.2 Å². The molecule has 3 rings (SSSR count). The number of β-amino-alcohol motifs (C(OH)–C–C–N with tert-alkyl or cyclic N) is 1. The summed E-state index contributed by atoms with van der Waals surface area (Å²) in [6.07, 6.45) is 1.47. The van der Waals surface area contributed by atoms with Crippen LogP contribution in [0.25, 0.3) is 0 Å². The summed E-state index contributed by atoms with van der Waals surface area (Å²) in [6.45, 7) is 8.39. The highest BCUT2D eigenvalue weighted by Gasteiger charge is 2.27. The Morgan fingerprint density at radius 1 is 1.20 bits per heavy atom. The predicted octanol–water partition coefficient (Wildman–Crippen LogP) is 1.94. The van der Waals surface area contributed by atoms with Crippen LogP contribution in [0, 0.1) is 0 Å². The number of aliphatic hydroxyl groups excluding tert-OH is 1. The average Bonchev–Trinajstić information content (AvgIpc) is 3.03. The molecule has 1 aliphatic heterocycles. The molecule has 0 amide bonds. The van der Waals surface area contributed by atoms with E-state index in [4.69, 9.17) is 4.42 Å². The molecule has 1 aliphatic rings. The number of benzene rings is 1. The number of aromatic nitrogens is 2. The zero-order chi connectivity index (χ0) is 17.6. The second kappa shape index (κ2) is 8.56. The molecule has 136 valence electrons. The van der Waals surface area contributed by atoms with E-state index in [1.54, 1.807) is 0 Å². The van der Waals surface area contributed by atoms with E-state index in [-0.39, 0.29) is 6.10 Å². The second-order valence-corrected chi connectivity index (χ2v) is 6.89. The molecule has 1 fully saturated rings. The quantitative estimate of drug-likeness (QED) is 0.828. The first-order valence-electron chi connectivity index (χ1n) is 9.13. The maximum atomic E-state index is 9.65. The number of nitrogens with zero attached hydrogens (tertiary/aromatic N) is 4. The largest absolute Gasteiger partial charge is 0.424 e. The van der Waals surface area contributed by atoms with Crippen LogP contribution in [0.1, 0.15) is 37.6 Å². The summed E-state index contributed by atoms with van der Waals surface area (Å²) in [4.78, 5) is 4.75. The van der Waals surface area contributed by atoms with E-state index in [9.17, 15) is 5.11 Å². The molecule has 0 unspecified atom stereocenters. The molecule has 0 spiro atoms. The number of hydrogen-bond acceptors (Lipinski definition) is 6. The second-order valence-electron chi connectivity index (χ2n) is 6.89. The summed E-state index contributed by atoms with van der Waals surface area (Å²) in [5, 5.41) is 18.1. The van der Waals surface area contributed by atoms with Crippen molar-refractivity contribution in [3.05, 3.63) is 47.7 Å². The molecule has 6 heteroatoms. The van der Waals surface area contributed by atoms with Gasteiger partial charge < -0.3 is 9.52 Å². The first kappa shape index (κ1) is 18.0. The molecule has 0 radical (unpaired) electrons. The van der Waals surface area contributed by atoms with Crippen LogP contribution in [0.3, 0.4) is 0 Å². The summed E-state index contributed by atoms with van der Waals surface area (Å²) in [7, 11) is 0. The van der Waals surface area contributed by atoms with Crippen molar-refractivity contribution in [2.45, 2.75) is 45.4 Å². The summed E-state index contributed by atoms with van der Waals surface area (Å²) in [5.74, 6) is 1.35. The smallest absolute Gasteiger partial charge is 0.230 e. The molecular formula is C19H28N4O2. The molecule has 2 heterocycles. The van der Waals surface area contributed by atoms with Gasteiger partial charge in [-0.25, -0.2) is 0 Å². The SMILES string of the molecule is CC[C@@H]1CN(Cc2nnc(Cc3ccccc3)o2)CCN1C[C@@H](C)O. The first-order valence-corrected chi connectivity index (χ1v) is 9.13. The molecule has 2 atom stereocenters. The fraction of sp³-hybridized carbons (Fsp3) is 0.579. The Bertz CT molecular complexity index is 644. The molecule has 0 aliphatic carbocycles. The van der Waals surface area contributed by atoms with Crippen LogP contribution < -0.4 is 0 Å². The van der Waals surface area contributed by atoms with Crippen molar-refractivity contribution in [1.29, 1.82) is 0 Å². The summed E-state index contributed by atoms with van der Waals surface area (Å²) < 4.78 is 5.83. The van der Waals surface area contributed by atoms with Gasteiger partial charge in [0.2, 0.25) is 11.8 Å². The molecule has 1 saturated heterocycles. The topological polar surface area (TPSA) is 65.6 Å². The fourth-order valence-electron chi connectivity index (χ4n) is 3.45. The van der Waals surface area contributed by atoms with Gasteiger partial charge >= 0.3 is 0 Å². The van der Waals surface area contributed by atoms with Gasteiger partial charge in [0.05, 0.1) is 19.1 Å². The van der Waals surface area contributed by atoms with Crippen molar-refractivity contribution in [3.63, 3.8) is 0 Å². The number of hydrogen-bond donors (Lipinski definition) is 1. The van der Waals surface area contributed by atoms with E-state index in [0.717, 1.165) is 32.6 Å². The van der Waals surface area contributed by atoms with Crippen LogP contribution >= 0.6 is 0 Å². The van der Waals surface area contributed by atoms with Crippen LogP contribution in [0.4, 0.5) is 0 Å². The van der Waals surface area contributed by atoms with Crippen LogP contribution in [0.2, 0.25) is 0 Å². The third kappa shape index (κ3) is 5.11. The van der Waals surface area contributed by atoms with Gasteiger partial charge in [0, 0.05) is 32.2 Å². The Balaban J connectivity index is 1.54. The standard InChI is InChI=1S/C19H28N4O2/c1-3-17-13-22(9-10-23(17)12-15(2)24)14-19-21-20-18(25-19)11-16-7-5-4-6-8-16/h4-8,15,17,24H,3,9-14H2,1-2H3/t15-,17-/m1/s1. The maximum absolute atomic E-state index is 9.65. The van der Waals surface area contributed by atoms with E-state index >= 15 is 0 Å². The Hall–Kier alpha value is -1.76. The molecule has 0 bridgehead atoms. The van der Waals surface area contributed by atoms with E-state index < -0.39 is 0 Å². The molecule has 1 aromatic heterocycles. The van der Waals surface area contributed by atoms with Gasteiger partial charge in [-0.1, -0.05) is 37.3 Å². The Morgan fingerprint density at radius 3 is 2.68 bits per heavy atom. The van der Waals surface area contributed by atoms with Gasteiger partial charge in [-0.05, 0) is 18.9 Å². The van der Waals surface area contributed by atoms with Gasteiger partial charge in [0.1, 0.15) is 0 Å². The van der Waals surface area contributed by atoms with Crippen molar-refractivity contribution < 1.29 is 9.52 Å². The third-order valence-electron chi connectivity index (χ3n) is 4.72. The zero-order valence-corrected chi connectivity index (χ0v) is 15.1. The normalized spacial score (nSPS) is 20.7. The fourth-order valence-corrected chi connectivity index (χ4v) is 3.45. The lowest BCUT2D eigenvalue weighted by Gasteiger charge is -2.41. The van der Waals surface area contributed by atoms with Gasteiger partial charge in [0.25, 0.3) is 0 Å². The Morgan fingerprint density at radius 2 is 1.96 bits per heavy atom. The molecule has 1 aromatic carbocycles. The van der Waals surface area contributed by atoms with Gasteiger partial charge in [0.15, 0.2) is 0 Å². The molecule has 25 heavy (non-hydrogen) atoms. The predicted molar refractivity (Wildman–Crippen MR) is 96.2 cm³/mol. The molecule has 1 N–H and O–H groups in total. The average molecular weight is 344 g/mol. The molecule has 2 aromatic rings. The number of rotatable bonds is 7. The van der Waals surface area contributed by atoms with Crippen molar-refractivity contribution >= 4 is 0 Å². The summed E-state index contributed by atoms with van der Waals surface area (Å²) in [6, 6.07) is 10.6. The lowest BCUT2D eigenvalue weighted by atomic mass is 10.1. The van der Waals surface area contributed by atoms with Crippen molar-refractivity contribution in [2.75, 3.05) is 26.2 Å². The molecular weight excluding hydrogens is 316 g/mol. The highest BCUT2D eigenvalue weighted by Crippen LogP contribution is 2.16. The third-order valence-corrected chi connectivity index (χ3v) is 4.72. The van der Waals surface area contributed by atoms with E-state index in [1.165, 1.54) is 5.56 Å². The van der Waals surface area contributed by atoms with Crippen molar-refractivity contribution in [1.82, 2.24) is 20.0 Å². The van der Waals surface area contributed by atoms with Crippen LogP contribution in [-0.2, 0) is 13.0 Å². The van der Waals surface area contributed by atoms with Crippen LogP contribution in [0.5, 0.6) is 0 Å². The lowest BCUT2D eigenvalue weighted by molar-refractivity contribution is 0.0308. The van der Waals surface area contributed by atoms with E-state index in [2.05, 4.69) is 39.1 Å². The first-order chi connectivity index (χ1) is 12.1. The summed E-state index contributed by atoms with van der Waals surface area (Å²) >= 11 is 0. The Kier molecular flexibility index (Phi) is 6.18. The van der Waals surface area contributed by atoms with Crippen molar-refractivity contribution in [2.24, 2.45) is 0 Å². The minimum Gasteiger partial charge on any atom is -0.424 e. The highest BCUT2D eigenvalue weighted by molar-refractivity contribution is 5.17. The van der Waals surface area contributed by atoms with Crippen LogP contribution in [0.15, 0.2) is 34.7 Å². The molecule has 6 nitrogen and oxygen atoms in total. The Labute approximate surface area is 149 Å². The lowest BCUT2D eigenvalue weighted by Crippen LogP contribution is -2.54. The van der Waals surface area contributed by atoms with Gasteiger partial charge in [-0.3, -0.25) is 9.80 Å². The minimum absolute atomic E-state index is 0.280.